The molecule has 0 spiro atoms. The maximum absolute atomic E-state index is 12.3. The van der Waals surface area contributed by atoms with E-state index >= 15 is 0 Å². The summed E-state index contributed by atoms with van der Waals surface area (Å²) in [5.41, 5.74) is -0.0636. The summed E-state index contributed by atoms with van der Waals surface area (Å²) in [6, 6.07) is -0.331. The highest BCUT2D eigenvalue weighted by atomic mass is 32.2. The summed E-state index contributed by atoms with van der Waals surface area (Å²) >= 11 is 1.33. The van der Waals surface area contributed by atoms with Crippen LogP contribution in [-0.4, -0.2) is 32.8 Å². The van der Waals surface area contributed by atoms with E-state index in [1.165, 1.54) is 31.0 Å². The van der Waals surface area contributed by atoms with Gasteiger partial charge in [-0.05, 0) is 56.3 Å². The molecule has 24 heavy (non-hydrogen) atoms. The molecule has 4 saturated carbocycles. The van der Waals surface area contributed by atoms with Gasteiger partial charge in [-0.2, -0.15) is 0 Å². The lowest BCUT2D eigenvalue weighted by atomic mass is 9.53. The average molecular weight is 348 g/mol. The van der Waals surface area contributed by atoms with Crippen LogP contribution in [-0.2, 0) is 11.8 Å². The third-order valence-electron chi connectivity index (χ3n) is 5.78. The second-order valence-corrected chi connectivity index (χ2v) is 8.75. The smallest absolute Gasteiger partial charge is 0.321 e. The number of hydrogen-bond acceptors (Lipinski definition) is 4. The Morgan fingerprint density at radius 2 is 1.88 bits per heavy atom. The largest absolute Gasteiger partial charge is 0.332 e. The average Bonchev–Trinajstić information content (AvgIpc) is 2.88. The highest BCUT2D eigenvalue weighted by Gasteiger charge is 2.51. The standard InChI is InChI=1S/C17H24N4O2S/c1-21-3-2-18-16(21)24-10-14(22)19-15(23)20-17-7-11-4-12(8-17)6-13(5-11)9-17/h2-3,11-13H,4-10H2,1H3,(H2,19,20,22,23). The molecule has 3 amide bonds. The molecule has 0 atom stereocenters. The minimum absolute atomic E-state index is 0.0636. The number of hydrogen-bond donors (Lipinski definition) is 2. The molecule has 5 rings (SSSR count). The summed E-state index contributed by atoms with van der Waals surface area (Å²) in [6.45, 7) is 0. The maximum Gasteiger partial charge on any atom is 0.321 e. The number of nitrogens with one attached hydrogen (secondary N) is 2. The van der Waals surface area contributed by atoms with Crippen molar-refractivity contribution in [2.45, 2.75) is 49.2 Å². The molecule has 0 radical (unpaired) electrons. The Balaban J connectivity index is 1.29. The molecule has 0 aliphatic heterocycles. The third kappa shape index (κ3) is 3.18. The van der Waals surface area contributed by atoms with Gasteiger partial charge in [-0.15, -0.1) is 0 Å². The number of imidazole rings is 1. The van der Waals surface area contributed by atoms with Gasteiger partial charge in [-0.3, -0.25) is 10.1 Å². The van der Waals surface area contributed by atoms with Gasteiger partial charge < -0.3 is 9.88 Å². The van der Waals surface area contributed by atoms with Crippen LogP contribution in [0.2, 0.25) is 0 Å². The zero-order chi connectivity index (χ0) is 16.7. The van der Waals surface area contributed by atoms with Crippen molar-refractivity contribution in [2.24, 2.45) is 24.8 Å². The molecule has 130 valence electrons. The van der Waals surface area contributed by atoms with E-state index in [1.54, 1.807) is 6.20 Å². The summed E-state index contributed by atoms with van der Waals surface area (Å²) in [7, 11) is 1.88. The Morgan fingerprint density at radius 1 is 1.25 bits per heavy atom. The fourth-order valence-corrected chi connectivity index (χ4v) is 6.05. The van der Waals surface area contributed by atoms with E-state index in [0.29, 0.717) is 0 Å². The van der Waals surface area contributed by atoms with Gasteiger partial charge in [0.2, 0.25) is 5.91 Å². The van der Waals surface area contributed by atoms with Crippen LogP contribution in [0, 0.1) is 17.8 Å². The van der Waals surface area contributed by atoms with E-state index in [1.807, 2.05) is 17.8 Å². The van der Waals surface area contributed by atoms with E-state index < -0.39 is 0 Å². The number of urea groups is 1. The van der Waals surface area contributed by atoms with Crippen molar-refractivity contribution in [2.75, 3.05) is 5.75 Å². The number of carbonyl (C=O) groups is 2. The van der Waals surface area contributed by atoms with Crippen molar-refractivity contribution >= 4 is 23.7 Å². The van der Waals surface area contributed by atoms with Crippen LogP contribution in [0.5, 0.6) is 0 Å². The van der Waals surface area contributed by atoms with Crippen LogP contribution in [0.15, 0.2) is 17.6 Å². The fraction of sp³-hybridized carbons (Fsp3) is 0.706. The Bertz CT molecular complexity index is 621. The van der Waals surface area contributed by atoms with Crippen LogP contribution in [0.25, 0.3) is 0 Å². The van der Waals surface area contributed by atoms with Gasteiger partial charge in [0.15, 0.2) is 5.16 Å². The normalized spacial score (nSPS) is 33.5. The molecule has 0 unspecified atom stereocenters. The molecule has 7 heteroatoms. The summed E-state index contributed by atoms with van der Waals surface area (Å²) < 4.78 is 1.85. The maximum atomic E-state index is 12.3. The molecular formula is C17H24N4O2S. The SMILES string of the molecule is Cn1ccnc1SCC(=O)NC(=O)NC12CC3CC(CC(C3)C1)C2. The molecule has 1 aromatic heterocycles. The zero-order valence-corrected chi connectivity index (χ0v) is 14.8. The molecule has 4 fully saturated rings. The second-order valence-electron chi connectivity index (χ2n) is 7.81. The lowest BCUT2D eigenvalue weighted by Gasteiger charge is -2.56. The summed E-state index contributed by atoms with van der Waals surface area (Å²) in [5, 5.41) is 6.42. The molecule has 2 N–H and O–H groups in total. The van der Waals surface area contributed by atoms with E-state index in [2.05, 4.69) is 15.6 Å². The minimum Gasteiger partial charge on any atom is -0.332 e. The Kier molecular flexibility index (Phi) is 4.06. The second kappa shape index (κ2) is 6.10. The predicted molar refractivity (Wildman–Crippen MR) is 91.5 cm³/mol. The lowest BCUT2D eigenvalue weighted by Crippen LogP contribution is -2.61. The summed E-state index contributed by atoms with van der Waals surface area (Å²) in [6.07, 6.45) is 10.8. The Hall–Kier alpha value is -1.50. The topological polar surface area (TPSA) is 76.0 Å². The third-order valence-corrected chi connectivity index (χ3v) is 6.84. The number of rotatable bonds is 4. The van der Waals surface area contributed by atoms with Gasteiger partial charge in [0, 0.05) is 25.0 Å². The highest BCUT2D eigenvalue weighted by Crippen LogP contribution is 2.55. The number of thioether (sulfide) groups is 1. The van der Waals surface area contributed by atoms with Crippen LogP contribution in [0.4, 0.5) is 4.79 Å². The first kappa shape index (κ1) is 16.0. The zero-order valence-electron chi connectivity index (χ0n) is 14.0. The summed E-state index contributed by atoms with van der Waals surface area (Å²) in [4.78, 5) is 28.5. The van der Waals surface area contributed by atoms with Crippen molar-refractivity contribution in [3.8, 4) is 0 Å². The van der Waals surface area contributed by atoms with Crippen molar-refractivity contribution in [3.05, 3.63) is 12.4 Å². The summed E-state index contributed by atoms with van der Waals surface area (Å²) in [5.74, 6) is 2.23. The van der Waals surface area contributed by atoms with Crippen molar-refractivity contribution in [1.29, 1.82) is 0 Å². The Morgan fingerprint density at radius 3 is 2.42 bits per heavy atom. The molecule has 4 bridgehead atoms. The molecule has 4 aliphatic carbocycles. The van der Waals surface area contributed by atoms with Gasteiger partial charge in [-0.25, -0.2) is 9.78 Å². The number of imide groups is 1. The van der Waals surface area contributed by atoms with Crippen LogP contribution in [0.1, 0.15) is 38.5 Å². The van der Waals surface area contributed by atoms with Crippen molar-refractivity contribution in [3.63, 3.8) is 0 Å². The highest BCUT2D eigenvalue weighted by molar-refractivity contribution is 7.99. The first-order valence-electron chi connectivity index (χ1n) is 8.73. The first-order valence-corrected chi connectivity index (χ1v) is 9.72. The number of amides is 3. The van der Waals surface area contributed by atoms with Crippen LogP contribution >= 0.6 is 11.8 Å². The first-order chi connectivity index (χ1) is 11.5. The number of aromatic nitrogens is 2. The van der Waals surface area contributed by atoms with Gasteiger partial charge in [0.25, 0.3) is 0 Å². The van der Waals surface area contributed by atoms with Gasteiger partial charge in [0.05, 0.1) is 5.75 Å². The molecule has 0 saturated heterocycles. The van der Waals surface area contributed by atoms with Crippen molar-refractivity contribution in [1.82, 2.24) is 20.2 Å². The van der Waals surface area contributed by atoms with E-state index in [9.17, 15) is 9.59 Å². The Labute approximate surface area is 146 Å². The van der Waals surface area contributed by atoms with Crippen LogP contribution in [0.3, 0.4) is 0 Å². The minimum atomic E-state index is -0.331. The fourth-order valence-electron chi connectivity index (χ4n) is 5.32. The molecule has 1 aromatic rings. The van der Waals surface area contributed by atoms with Gasteiger partial charge in [-0.1, -0.05) is 11.8 Å². The predicted octanol–water partition coefficient (Wildman–Crippen LogP) is 2.31. The molecule has 1 heterocycles. The molecular weight excluding hydrogens is 324 g/mol. The molecule has 6 nitrogen and oxygen atoms in total. The lowest BCUT2D eigenvalue weighted by molar-refractivity contribution is -0.117. The number of nitrogens with zero attached hydrogens (tertiary/aromatic N) is 2. The molecule has 0 aromatic carbocycles. The van der Waals surface area contributed by atoms with Gasteiger partial charge in [0.1, 0.15) is 0 Å². The van der Waals surface area contributed by atoms with E-state index in [4.69, 9.17) is 0 Å². The number of aryl methyl sites for hydroxylation is 1. The quantitative estimate of drug-likeness (QED) is 0.819. The molecule has 4 aliphatic rings. The monoisotopic (exact) mass is 348 g/mol. The van der Waals surface area contributed by atoms with E-state index in [0.717, 1.165) is 42.2 Å². The van der Waals surface area contributed by atoms with E-state index in [-0.39, 0.29) is 23.2 Å². The number of carbonyl (C=O) groups excluding carboxylic acids is 2. The van der Waals surface area contributed by atoms with Crippen molar-refractivity contribution < 1.29 is 9.59 Å². The van der Waals surface area contributed by atoms with Gasteiger partial charge >= 0.3 is 6.03 Å². The van der Waals surface area contributed by atoms with Crippen LogP contribution < -0.4 is 10.6 Å².